The van der Waals surface area contributed by atoms with Gasteiger partial charge >= 0.3 is 11.9 Å². The number of nitrogens with zero attached hydrogens (tertiary/aromatic N) is 5. The first-order valence-electron chi connectivity index (χ1n) is 13.2. The molecule has 2 aliphatic rings. The van der Waals surface area contributed by atoms with E-state index >= 15 is 0 Å². The Morgan fingerprint density at radius 1 is 1.00 bits per heavy atom. The van der Waals surface area contributed by atoms with E-state index in [-0.39, 0.29) is 11.2 Å². The van der Waals surface area contributed by atoms with Crippen molar-refractivity contribution in [2.24, 2.45) is 0 Å². The molecule has 1 saturated heterocycles. The molecular weight excluding hydrogens is 534 g/mol. The maximum atomic E-state index is 12.1. The minimum absolute atomic E-state index is 0.0375. The third-order valence-corrected chi connectivity index (χ3v) is 7.54. The van der Waals surface area contributed by atoms with Gasteiger partial charge in [0.1, 0.15) is 6.10 Å². The fourth-order valence-electron chi connectivity index (χ4n) is 5.74. The Bertz CT molecular complexity index is 1580. The molecule has 2 aliphatic heterocycles. The fraction of sp³-hybridized carbons (Fsp3) is 0.345. The number of fused-ring (bicyclic) bond motifs is 2. The lowest BCUT2D eigenvalue weighted by molar-refractivity contribution is -0.165. The van der Waals surface area contributed by atoms with Crippen molar-refractivity contribution >= 4 is 46.2 Å². The summed E-state index contributed by atoms with van der Waals surface area (Å²) in [5.41, 5.74) is 4.32. The van der Waals surface area contributed by atoms with Crippen LogP contribution in [-0.2, 0) is 23.8 Å². The van der Waals surface area contributed by atoms with Gasteiger partial charge in [0.05, 0.1) is 6.33 Å². The van der Waals surface area contributed by atoms with E-state index in [1.165, 1.54) is 25.0 Å². The Hall–Kier alpha value is -4.02. The molecule has 40 heavy (non-hydrogen) atoms. The van der Waals surface area contributed by atoms with Crippen LogP contribution in [0.5, 0.6) is 0 Å². The normalized spacial score (nSPS) is 23.8. The molecular formula is C29H28ClN5O5. The zero-order valence-electron chi connectivity index (χ0n) is 22.2. The number of hydrogen-bond acceptors (Lipinski definition) is 9. The molecule has 0 bridgehead atoms. The van der Waals surface area contributed by atoms with Crippen LogP contribution < -0.4 is 4.90 Å². The van der Waals surface area contributed by atoms with Gasteiger partial charge < -0.3 is 19.1 Å². The van der Waals surface area contributed by atoms with Gasteiger partial charge in [-0.1, -0.05) is 55.5 Å². The van der Waals surface area contributed by atoms with Crippen LogP contribution in [0.15, 0.2) is 60.9 Å². The predicted octanol–water partition coefficient (Wildman–Crippen LogP) is 4.93. The number of hydrogen-bond donors (Lipinski definition) is 0. The number of halogens is 1. The summed E-state index contributed by atoms with van der Waals surface area (Å²) in [6, 6.07) is 18.5. The van der Waals surface area contributed by atoms with E-state index in [1.54, 1.807) is 10.9 Å². The highest BCUT2D eigenvalue weighted by atomic mass is 35.5. The first-order valence-corrected chi connectivity index (χ1v) is 13.5. The second kappa shape index (κ2) is 10.5. The minimum atomic E-state index is -0.907. The average Bonchev–Trinajstić information content (AvgIpc) is 3.62. The number of imidazole rings is 1. The standard InChI is InChI=1S/C29H28ClN5O5/c1-4-22-24(38-16(2)36)25(39-17(3)37)28(40-22)35-15-31-23-26(32-29(30)33-27(23)35)34-14-20(18-10-6-5-7-11-18)19-12-8-9-13-21(19)34/h5-13,15,20,22,24-25,28H,4,14H2,1-3H3/t20?,22-,24+,25?,28-/m1/s1. The zero-order valence-corrected chi connectivity index (χ0v) is 23.0. The van der Waals surface area contributed by atoms with Crippen LogP contribution in [0.25, 0.3) is 11.2 Å². The van der Waals surface area contributed by atoms with E-state index in [0.717, 1.165) is 5.69 Å². The summed E-state index contributed by atoms with van der Waals surface area (Å²) in [4.78, 5) is 39.8. The van der Waals surface area contributed by atoms with Crippen LogP contribution in [0.3, 0.4) is 0 Å². The smallest absolute Gasteiger partial charge is 0.303 e. The fourth-order valence-corrected chi connectivity index (χ4v) is 5.90. The largest absolute Gasteiger partial charge is 0.456 e. The van der Waals surface area contributed by atoms with Gasteiger partial charge in [-0.3, -0.25) is 14.2 Å². The van der Waals surface area contributed by atoms with E-state index in [2.05, 4.69) is 44.1 Å². The highest BCUT2D eigenvalue weighted by Crippen LogP contribution is 2.45. The molecule has 6 rings (SSSR count). The highest BCUT2D eigenvalue weighted by molar-refractivity contribution is 6.28. The Morgan fingerprint density at radius 3 is 2.42 bits per heavy atom. The number of rotatable bonds is 6. The lowest BCUT2D eigenvalue weighted by Gasteiger charge is -2.24. The first-order chi connectivity index (χ1) is 19.4. The average molecular weight is 562 g/mol. The van der Waals surface area contributed by atoms with E-state index in [9.17, 15) is 9.59 Å². The predicted molar refractivity (Wildman–Crippen MR) is 147 cm³/mol. The molecule has 206 valence electrons. The molecule has 1 fully saturated rings. The molecule has 10 nitrogen and oxygen atoms in total. The molecule has 0 N–H and O–H groups in total. The molecule has 0 aliphatic carbocycles. The van der Waals surface area contributed by atoms with Gasteiger partial charge in [-0.05, 0) is 35.2 Å². The summed E-state index contributed by atoms with van der Waals surface area (Å²) in [5.74, 6) is -0.325. The lowest BCUT2D eigenvalue weighted by atomic mass is 9.93. The van der Waals surface area contributed by atoms with Crippen molar-refractivity contribution in [3.63, 3.8) is 0 Å². The van der Waals surface area contributed by atoms with E-state index < -0.39 is 36.5 Å². The molecule has 2 aromatic carbocycles. The Kier molecular flexibility index (Phi) is 6.89. The van der Waals surface area contributed by atoms with Crippen molar-refractivity contribution in [2.45, 2.75) is 57.6 Å². The van der Waals surface area contributed by atoms with Gasteiger partial charge in [0.25, 0.3) is 0 Å². The summed E-state index contributed by atoms with van der Waals surface area (Å²) in [5, 5.41) is 0.0375. The van der Waals surface area contributed by atoms with E-state index in [4.69, 9.17) is 25.8 Å². The summed E-state index contributed by atoms with van der Waals surface area (Å²) in [6.07, 6.45) is -0.932. The second-order valence-electron chi connectivity index (χ2n) is 9.89. The number of benzene rings is 2. The summed E-state index contributed by atoms with van der Waals surface area (Å²) in [6.45, 7) is 5.16. The number of anilines is 2. The minimum Gasteiger partial charge on any atom is -0.456 e. The maximum absolute atomic E-state index is 12.1. The molecule has 0 amide bonds. The molecule has 2 aromatic heterocycles. The van der Waals surface area contributed by atoms with Crippen LogP contribution in [0.2, 0.25) is 5.28 Å². The SMILES string of the molecule is CC[C@H]1O[C@@H](n2cnc3c(N4CC(c5ccccc5)c5ccccc54)nc(Cl)nc32)C(OC(C)=O)[C@H]1OC(C)=O. The third kappa shape index (κ3) is 4.56. The van der Waals surface area contributed by atoms with Gasteiger partial charge in [-0.25, -0.2) is 4.98 Å². The number of para-hydroxylation sites is 1. The van der Waals surface area contributed by atoms with Gasteiger partial charge in [-0.2, -0.15) is 9.97 Å². The number of esters is 2. The third-order valence-electron chi connectivity index (χ3n) is 7.37. The van der Waals surface area contributed by atoms with Crippen LogP contribution in [0, 0.1) is 0 Å². The number of aromatic nitrogens is 4. The molecule has 11 heteroatoms. The van der Waals surface area contributed by atoms with Crippen molar-refractivity contribution in [1.29, 1.82) is 0 Å². The van der Waals surface area contributed by atoms with Crippen molar-refractivity contribution in [2.75, 3.05) is 11.4 Å². The van der Waals surface area contributed by atoms with E-state index in [1.807, 2.05) is 37.3 Å². The van der Waals surface area contributed by atoms with Crippen LogP contribution in [0.1, 0.15) is 50.5 Å². The first kappa shape index (κ1) is 26.2. The molecule has 2 unspecified atom stereocenters. The van der Waals surface area contributed by atoms with Crippen LogP contribution >= 0.6 is 11.6 Å². The van der Waals surface area contributed by atoms with E-state index in [0.29, 0.717) is 29.9 Å². The van der Waals surface area contributed by atoms with Gasteiger partial charge in [0.15, 0.2) is 35.4 Å². The Balaban J connectivity index is 1.44. The molecule has 0 spiro atoms. The van der Waals surface area contributed by atoms with Crippen LogP contribution in [-0.4, -0.2) is 56.3 Å². The molecule has 4 aromatic rings. The van der Waals surface area contributed by atoms with Gasteiger partial charge in [0, 0.05) is 32.0 Å². The lowest BCUT2D eigenvalue weighted by Crippen LogP contribution is -2.38. The number of carbonyl (C=O) groups excluding carboxylic acids is 2. The Morgan fingerprint density at radius 2 is 1.70 bits per heavy atom. The summed E-state index contributed by atoms with van der Waals surface area (Å²) < 4.78 is 19.1. The number of carbonyl (C=O) groups is 2. The summed E-state index contributed by atoms with van der Waals surface area (Å²) in [7, 11) is 0. The van der Waals surface area contributed by atoms with Crippen molar-refractivity contribution < 1.29 is 23.8 Å². The molecule has 0 radical (unpaired) electrons. The second-order valence-corrected chi connectivity index (χ2v) is 10.2. The van der Waals surface area contributed by atoms with Crippen molar-refractivity contribution in [3.05, 3.63) is 77.3 Å². The maximum Gasteiger partial charge on any atom is 0.303 e. The molecule has 4 heterocycles. The van der Waals surface area contributed by atoms with Crippen molar-refractivity contribution in [3.8, 4) is 0 Å². The molecule has 0 saturated carbocycles. The summed E-state index contributed by atoms with van der Waals surface area (Å²) >= 11 is 6.51. The zero-order chi connectivity index (χ0) is 28.0. The molecule has 5 atom stereocenters. The topological polar surface area (TPSA) is 109 Å². The van der Waals surface area contributed by atoms with Gasteiger partial charge in [-0.15, -0.1) is 0 Å². The van der Waals surface area contributed by atoms with Gasteiger partial charge in [0.2, 0.25) is 5.28 Å². The highest BCUT2D eigenvalue weighted by Gasteiger charge is 2.50. The monoisotopic (exact) mass is 561 g/mol. The van der Waals surface area contributed by atoms with Crippen LogP contribution in [0.4, 0.5) is 11.5 Å². The Labute approximate surface area is 235 Å². The quantitative estimate of drug-likeness (QED) is 0.239. The van der Waals surface area contributed by atoms with Crippen molar-refractivity contribution in [1.82, 2.24) is 19.5 Å². The number of ether oxygens (including phenoxy) is 3.